The van der Waals surface area contributed by atoms with Crippen molar-refractivity contribution in [1.29, 1.82) is 0 Å². The smallest absolute Gasteiger partial charge is 0.329 e. The van der Waals surface area contributed by atoms with Crippen molar-refractivity contribution in [3.8, 4) is 11.3 Å². The number of aliphatic hydroxyl groups is 3. The Balaban J connectivity index is 0.588. The maximum atomic E-state index is 14.7. The number of nitrogens with two attached hydrogens (primary N) is 3. The molecule has 3 fully saturated rings. The van der Waals surface area contributed by atoms with E-state index < -0.39 is 95.4 Å². The van der Waals surface area contributed by atoms with Gasteiger partial charge in [0.15, 0.2) is 17.0 Å². The molecule has 5 aromatic rings. The number of oxazole rings is 1. The fourth-order valence-electron chi connectivity index (χ4n) is 16.5. The number of hydrogen-bond acceptors (Lipinski definition) is 32. The van der Waals surface area contributed by atoms with Gasteiger partial charge in [0.25, 0.3) is 17.7 Å². The molecule has 4 aliphatic rings. The summed E-state index contributed by atoms with van der Waals surface area (Å²) in [7, 11) is 3.16. The molecule has 0 radical (unpaired) electrons. The van der Waals surface area contributed by atoms with Crippen molar-refractivity contribution >= 4 is 80.9 Å². The summed E-state index contributed by atoms with van der Waals surface area (Å²) in [4.78, 5) is 123. The molecule has 0 unspecified atom stereocenters. The molecule has 0 spiro atoms. The second kappa shape index (κ2) is 53.9. The largest absolute Gasteiger partial charge is 0.459 e. The van der Waals surface area contributed by atoms with Crippen molar-refractivity contribution in [2.45, 2.75) is 231 Å². The Hall–Kier alpha value is -9.26. The molecule has 1 aromatic carbocycles. The standard InChI is InChI=1S/C91H137N15O23/c1-58-17-10-9-11-18-59(2)74(118-7)54-67-25-22-63(6)91(117,129-67)85(114)88(115)104-33-14-12-20-71(104)89(116)127-75(55-72(107)60(3)50-62(5)83(112)84(113)82(111)61(4)49-58)68(92)51-64-23-26-70(76(52-64)119-8)106-56-66(101-103-106)19-16-21-77(108)96-31-37-122-41-45-124-43-39-121-36-29-79(110)97-32-38-123-42-46-126-48-47-125-44-40-120-35-28-78(109)95-30-13-15-34-105-87-80(86(93)98-57-99-87)81(102-105)65-24-27-73-69(53-65)100-90(94)128-73/h9-11,17-18,24,27,50,53,56-58,60-61,63-64,67-68,70-71,74-76,83-84,112-113,117H,12-16,19-23,25-26,28-49,51-52,54-55,92H2,1-8H3,(H2,94,100)(H,95,109)(H,96,108)(H,97,110)(H2,93,98,99)/b11-9?,17-10+,59-18?,62-50+/t58-,60-,61-,63-,64+,67+,68-,70+,71+,74+,75+,76-,83-,84+,91-/m1/s1. The quantitative estimate of drug-likeness (QED) is 0.00956. The van der Waals surface area contributed by atoms with Crippen LogP contribution in [0.2, 0.25) is 0 Å². The lowest BCUT2D eigenvalue weighted by atomic mass is 9.79. The van der Waals surface area contributed by atoms with E-state index in [1.165, 1.54) is 19.3 Å². The van der Waals surface area contributed by atoms with E-state index in [-0.39, 0.29) is 118 Å². The SMILES string of the molecule is CO[C@H]1C[C@@H]2CC[C@@H](C)[C@@](O)(O2)C(=O)C(=O)N2CCCC[C@H]2C(=O)O[C@H]([C@H](N)C[C@@H]2CC[C@H](n3cc(CCCC(=O)NCCOCCOCCOCCC(=O)NCCOCCOCCOCCOCCC(=O)NCCCCn4nc(-c5ccc6oc(N)nc6c5)c5c(N)ncnc54)nn3)[C@H](OC)C2)CC(=O)[C@H](C)/C=C(\C)[C@@H](O)[C@@H](O)C(=O)[C@H](C)C[C@H](C)/C=C/C=CC=C1C. The van der Waals surface area contributed by atoms with E-state index in [0.29, 0.717) is 209 Å². The molecule has 7 heterocycles. The van der Waals surface area contributed by atoms with Gasteiger partial charge in [-0.15, -0.1) is 5.10 Å². The number of esters is 1. The van der Waals surface area contributed by atoms with Gasteiger partial charge in [0.2, 0.25) is 23.5 Å². The van der Waals surface area contributed by atoms with Crippen LogP contribution in [0.5, 0.6) is 0 Å². The van der Waals surface area contributed by atoms with Gasteiger partial charge in [-0.3, -0.25) is 33.6 Å². The van der Waals surface area contributed by atoms with Crippen molar-refractivity contribution in [1.82, 2.24) is 60.6 Å². The molecule has 2 bridgehead atoms. The first kappa shape index (κ1) is 103. The first-order valence-electron chi connectivity index (χ1n) is 45.4. The molecule has 2 saturated heterocycles. The molecule has 15 atom stereocenters. The molecule has 4 amide bonds. The van der Waals surface area contributed by atoms with Gasteiger partial charge in [0, 0.05) is 115 Å². The molecule has 1 saturated carbocycles. The highest BCUT2D eigenvalue weighted by atomic mass is 16.6. The monoisotopic (exact) mass is 1810 g/mol. The number of aryl methyl sites for hydroxylation is 2. The molecule has 38 nitrogen and oxygen atoms in total. The maximum absolute atomic E-state index is 14.7. The normalized spacial score (nSPS) is 25.5. The third kappa shape index (κ3) is 32.3. The summed E-state index contributed by atoms with van der Waals surface area (Å²) in [6.07, 6.45) is 15.3. The number of aromatic nitrogens is 8. The zero-order chi connectivity index (χ0) is 92.8. The molecule has 129 heavy (non-hydrogen) atoms. The Kier molecular flexibility index (Phi) is 43.2. The van der Waals surface area contributed by atoms with Gasteiger partial charge in [-0.2, -0.15) is 10.1 Å². The van der Waals surface area contributed by atoms with Crippen LogP contribution in [-0.2, 0) is 103 Å². The average Bonchev–Trinajstić information content (AvgIpc) is 1.58. The average molecular weight is 1810 g/mol. The number of Topliss-reactive ketones (excluding diaryl/α,β-unsaturated/α-hetero) is 3. The number of aliphatic hydroxyl groups excluding tert-OH is 2. The fourth-order valence-corrected chi connectivity index (χ4v) is 16.5. The summed E-state index contributed by atoms with van der Waals surface area (Å²) < 4.78 is 72.4. The van der Waals surface area contributed by atoms with Crippen LogP contribution in [0.3, 0.4) is 0 Å². The van der Waals surface area contributed by atoms with Crippen LogP contribution >= 0.6 is 0 Å². The Morgan fingerprint density at radius 2 is 1.35 bits per heavy atom. The number of rotatable bonds is 43. The molecular weight excluding hydrogens is 1670 g/mol. The van der Waals surface area contributed by atoms with E-state index in [4.69, 9.17) is 78.8 Å². The minimum Gasteiger partial charge on any atom is -0.459 e. The number of piperidine rings is 1. The number of carbonyl (C=O) groups is 8. The van der Waals surface area contributed by atoms with Crippen LogP contribution in [0.15, 0.2) is 82.7 Å². The summed E-state index contributed by atoms with van der Waals surface area (Å²) in [6, 6.07) is 3.15. The lowest BCUT2D eigenvalue weighted by molar-refractivity contribution is -0.265. The summed E-state index contributed by atoms with van der Waals surface area (Å²) in [6.45, 7) is 16.5. The molecule has 12 N–H and O–H groups in total. The number of allylic oxidation sites excluding steroid dienone is 6. The minimum atomic E-state index is -2.51. The number of anilines is 2. The Bertz CT molecular complexity index is 4510. The molecule has 714 valence electrons. The van der Waals surface area contributed by atoms with Crippen molar-refractivity contribution < 1.29 is 110 Å². The van der Waals surface area contributed by atoms with Gasteiger partial charge in [-0.05, 0) is 145 Å². The molecule has 9 rings (SSSR count). The predicted molar refractivity (Wildman–Crippen MR) is 476 cm³/mol. The Morgan fingerprint density at radius 1 is 0.698 bits per heavy atom. The Morgan fingerprint density at radius 3 is 2.02 bits per heavy atom. The van der Waals surface area contributed by atoms with Crippen LogP contribution in [0.1, 0.15) is 169 Å². The zero-order valence-electron chi connectivity index (χ0n) is 76.1. The van der Waals surface area contributed by atoms with Crippen molar-refractivity contribution in [2.24, 2.45) is 35.3 Å². The number of carbonyl (C=O) groups excluding carboxylic acids is 8. The van der Waals surface area contributed by atoms with Crippen LogP contribution < -0.4 is 33.2 Å². The topological polar surface area (TPSA) is 517 Å². The number of nitrogens with zero attached hydrogens (tertiary/aromatic N) is 9. The van der Waals surface area contributed by atoms with Crippen molar-refractivity contribution in [2.75, 3.05) is 144 Å². The van der Waals surface area contributed by atoms with Crippen LogP contribution in [0.4, 0.5) is 11.8 Å². The highest BCUT2D eigenvalue weighted by Crippen LogP contribution is 2.40. The number of nitrogens with one attached hydrogen (secondary N) is 3. The molecule has 1 aliphatic carbocycles. The molecular formula is C91H137N15O23. The summed E-state index contributed by atoms with van der Waals surface area (Å²) >= 11 is 0. The van der Waals surface area contributed by atoms with Gasteiger partial charge in [0.1, 0.15) is 53.5 Å². The first-order valence-corrected chi connectivity index (χ1v) is 45.4. The highest BCUT2D eigenvalue weighted by Gasteiger charge is 2.53. The van der Waals surface area contributed by atoms with Crippen LogP contribution in [-0.4, -0.2) is 294 Å². The lowest BCUT2D eigenvalue weighted by Gasteiger charge is -2.42. The van der Waals surface area contributed by atoms with Gasteiger partial charge < -0.3 is 110 Å². The number of nitrogen functional groups attached to an aromatic ring is 2. The van der Waals surface area contributed by atoms with E-state index in [2.05, 4.69) is 41.2 Å². The van der Waals surface area contributed by atoms with Crippen molar-refractivity contribution in [3.05, 3.63) is 84.0 Å². The number of cyclic esters (lactones) is 1. The molecule has 38 heteroatoms. The molecule has 4 aromatic heterocycles. The third-order valence-corrected chi connectivity index (χ3v) is 24.0. The van der Waals surface area contributed by atoms with Gasteiger partial charge in [-0.1, -0.05) is 69.4 Å². The first-order chi connectivity index (χ1) is 62.2. The van der Waals surface area contributed by atoms with Gasteiger partial charge in [-0.25, -0.2) is 24.1 Å². The summed E-state index contributed by atoms with van der Waals surface area (Å²) in [5, 5.41) is 57.6. The number of amides is 4. The number of benzene rings is 1. The zero-order valence-corrected chi connectivity index (χ0v) is 76.1. The fraction of sp³-hybridized carbons (Fsp3) is 0.670. The predicted octanol–water partition coefficient (Wildman–Crippen LogP) is 5.85. The number of unbranched alkanes of at least 4 members (excludes halogenated alkanes) is 1. The van der Waals surface area contributed by atoms with E-state index in [1.54, 1.807) is 50.4 Å². The number of ketones is 3. The van der Waals surface area contributed by atoms with E-state index >= 15 is 0 Å². The maximum Gasteiger partial charge on any atom is 0.329 e. The minimum absolute atomic E-state index is 0.00764. The third-order valence-electron chi connectivity index (χ3n) is 24.0. The summed E-state index contributed by atoms with van der Waals surface area (Å²) in [5.41, 5.74) is 24.0. The van der Waals surface area contributed by atoms with E-state index in [9.17, 15) is 53.7 Å². The Labute approximate surface area is 753 Å². The second-order valence-electron chi connectivity index (χ2n) is 33.9. The number of hydrogen-bond donors (Lipinski definition) is 9. The molecule has 3 aliphatic heterocycles. The second-order valence-corrected chi connectivity index (χ2v) is 33.9. The van der Waals surface area contributed by atoms with Crippen molar-refractivity contribution in [3.63, 3.8) is 0 Å². The van der Waals surface area contributed by atoms with Crippen LogP contribution in [0.25, 0.3) is 33.4 Å². The number of fused-ring (bicyclic) bond motifs is 5. The van der Waals surface area contributed by atoms with E-state index in [0.717, 1.165) is 28.9 Å². The van der Waals surface area contributed by atoms with Gasteiger partial charge >= 0.3 is 5.97 Å². The van der Waals surface area contributed by atoms with Crippen LogP contribution in [0, 0.1) is 29.6 Å². The number of methoxy groups -OCH3 is 2. The summed E-state index contributed by atoms with van der Waals surface area (Å²) in [5.74, 6) is -9.21. The van der Waals surface area contributed by atoms with E-state index in [1.807, 2.05) is 62.6 Å². The van der Waals surface area contributed by atoms with Gasteiger partial charge in [0.05, 0.1) is 128 Å². The highest BCUT2D eigenvalue weighted by molar-refractivity contribution is 6.39. The lowest BCUT2D eigenvalue weighted by Crippen LogP contribution is -2.61. The number of ether oxygens (including phenoxy) is 11.